The average Bonchev–Trinajstić information content (AvgIpc) is 3.56. The van der Waals surface area contributed by atoms with E-state index in [4.69, 9.17) is 4.74 Å². The number of hydrogen-bond acceptors (Lipinski definition) is 4. The van der Waals surface area contributed by atoms with Crippen LogP contribution in [0.5, 0.6) is 5.75 Å². The maximum Gasteiger partial charge on any atom is 0.238 e. The highest BCUT2D eigenvalue weighted by Gasteiger charge is 2.67. The first-order valence-corrected chi connectivity index (χ1v) is 11.4. The number of Topliss-reactive ketones (excluding diaryl/α,β-unsaturated/α-hetero) is 1. The molecule has 1 aliphatic heterocycles. The highest BCUT2D eigenvalue weighted by Crippen LogP contribution is 2.65. The van der Waals surface area contributed by atoms with E-state index in [9.17, 15) is 14.4 Å². The molecule has 156 valence electrons. The molecule has 0 N–H and O–H groups in total. The van der Waals surface area contributed by atoms with Crippen LogP contribution >= 0.6 is 15.9 Å². The van der Waals surface area contributed by atoms with Gasteiger partial charge in [0.1, 0.15) is 5.75 Å². The van der Waals surface area contributed by atoms with Crippen molar-refractivity contribution < 1.29 is 19.1 Å². The summed E-state index contributed by atoms with van der Waals surface area (Å²) >= 11 is 3.35. The molecule has 0 radical (unpaired) electrons. The number of anilines is 1. The molecular formula is C25H20BrNO4. The first-order valence-electron chi connectivity index (χ1n) is 10.6. The van der Waals surface area contributed by atoms with Gasteiger partial charge in [-0.3, -0.25) is 14.4 Å². The molecule has 5 nitrogen and oxygen atoms in total. The molecule has 6 atom stereocenters. The van der Waals surface area contributed by atoms with E-state index in [0.29, 0.717) is 28.8 Å². The van der Waals surface area contributed by atoms with Crippen molar-refractivity contribution in [2.24, 2.45) is 35.5 Å². The minimum absolute atomic E-state index is 0.0946. The van der Waals surface area contributed by atoms with Gasteiger partial charge < -0.3 is 4.74 Å². The highest BCUT2D eigenvalue weighted by atomic mass is 79.9. The van der Waals surface area contributed by atoms with Gasteiger partial charge in [0.05, 0.1) is 17.5 Å². The van der Waals surface area contributed by atoms with E-state index in [1.807, 2.05) is 12.1 Å². The summed E-state index contributed by atoms with van der Waals surface area (Å²) in [6, 6.07) is 14.0. The van der Waals surface area contributed by atoms with Gasteiger partial charge in [0.2, 0.25) is 11.8 Å². The van der Waals surface area contributed by atoms with E-state index in [1.165, 1.54) is 4.90 Å². The Hall–Kier alpha value is -2.73. The number of allylic oxidation sites excluding steroid dienone is 2. The summed E-state index contributed by atoms with van der Waals surface area (Å²) in [5.41, 5.74) is 1.08. The van der Waals surface area contributed by atoms with Gasteiger partial charge in [-0.25, -0.2) is 4.90 Å². The number of amides is 2. The number of ketones is 1. The minimum atomic E-state index is -0.227. The van der Waals surface area contributed by atoms with Crippen LogP contribution < -0.4 is 9.64 Å². The van der Waals surface area contributed by atoms with Crippen molar-refractivity contribution in [2.45, 2.75) is 6.42 Å². The van der Waals surface area contributed by atoms with Gasteiger partial charge in [-0.05, 0) is 54.4 Å². The lowest BCUT2D eigenvalue weighted by Crippen LogP contribution is -2.40. The van der Waals surface area contributed by atoms with E-state index in [2.05, 4.69) is 28.1 Å². The third-order valence-electron chi connectivity index (χ3n) is 7.27. The van der Waals surface area contributed by atoms with Crippen LogP contribution in [0.1, 0.15) is 16.8 Å². The molecule has 2 aromatic rings. The quantitative estimate of drug-likeness (QED) is 0.366. The Morgan fingerprint density at radius 3 is 2.26 bits per heavy atom. The number of imide groups is 1. The van der Waals surface area contributed by atoms with Crippen molar-refractivity contribution in [3.05, 3.63) is 70.7 Å². The van der Waals surface area contributed by atoms with E-state index in [-0.39, 0.29) is 47.9 Å². The van der Waals surface area contributed by atoms with Crippen molar-refractivity contribution in [1.82, 2.24) is 0 Å². The normalized spacial score (nSPS) is 32.1. The fourth-order valence-corrected chi connectivity index (χ4v) is 6.06. The van der Waals surface area contributed by atoms with Gasteiger partial charge in [0.25, 0.3) is 0 Å². The number of rotatable bonds is 5. The van der Waals surface area contributed by atoms with Gasteiger partial charge in [0, 0.05) is 16.1 Å². The molecule has 2 bridgehead atoms. The summed E-state index contributed by atoms with van der Waals surface area (Å²) in [4.78, 5) is 40.3. The molecule has 1 saturated heterocycles. The lowest BCUT2D eigenvalue weighted by molar-refractivity contribution is -0.124. The molecular weight excluding hydrogens is 458 g/mol. The second-order valence-corrected chi connectivity index (χ2v) is 9.80. The Balaban J connectivity index is 1.20. The Labute approximate surface area is 188 Å². The van der Waals surface area contributed by atoms with Crippen molar-refractivity contribution in [2.75, 3.05) is 11.5 Å². The minimum Gasteiger partial charge on any atom is -0.485 e. The van der Waals surface area contributed by atoms with Gasteiger partial charge in [0.15, 0.2) is 12.4 Å². The maximum atomic E-state index is 13.3. The highest BCUT2D eigenvalue weighted by molar-refractivity contribution is 9.10. The van der Waals surface area contributed by atoms with Gasteiger partial charge in [-0.15, -0.1) is 0 Å². The molecule has 0 aromatic heterocycles. The Bertz CT molecular complexity index is 1100. The third kappa shape index (κ3) is 2.92. The summed E-state index contributed by atoms with van der Waals surface area (Å²) < 4.78 is 6.60. The topological polar surface area (TPSA) is 63.7 Å². The van der Waals surface area contributed by atoms with Crippen LogP contribution in [0.25, 0.3) is 0 Å². The predicted molar refractivity (Wildman–Crippen MR) is 118 cm³/mol. The lowest BCUT2D eigenvalue weighted by atomic mass is 9.63. The van der Waals surface area contributed by atoms with Crippen LogP contribution in [0, 0.1) is 35.5 Å². The van der Waals surface area contributed by atoms with Crippen molar-refractivity contribution in [3.8, 4) is 5.75 Å². The van der Waals surface area contributed by atoms with E-state index >= 15 is 0 Å². The summed E-state index contributed by atoms with van der Waals surface area (Å²) in [7, 11) is 0. The second-order valence-electron chi connectivity index (χ2n) is 8.88. The summed E-state index contributed by atoms with van der Waals surface area (Å²) in [5, 5.41) is 0. The maximum absolute atomic E-state index is 13.3. The largest absolute Gasteiger partial charge is 0.485 e. The summed E-state index contributed by atoms with van der Waals surface area (Å²) in [6.45, 7) is -0.115. The second kappa shape index (κ2) is 6.89. The fourth-order valence-electron chi connectivity index (χ4n) is 5.79. The van der Waals surface area contributed by atoms with Crippen molar-refractivity contribution in [3.63, 3.8) is 0 Å². The lowest BCUT2D eigenvalue weighted by Gasteiger charge is -2.37. The zero-order valence-electron chi connectivity index (χ0n) is 16.6. The molecule has 3 fully saturated rings. The fraction of sp³-hybridized carbons (Fsp3) is 0.320. The number of halogens is 1. The number of ether oxygens (including phenoxy) is 1. The van der Waals surface area contributed by atoms with E-state index in [0.717, 1.165) is 10.9 Å². The van der Waals surface area contributed by atoms with E-state index < -0.39 is 0 Å². The van der Waals surface area contributed by atoms with Crippen LogP contribution in [-0.2, 0) is 9.59 Å². The molecule has 2 saturated carbocycles. The van der Waals surface area contributed by atoms with Gasteiger partial charge in [-0.1, -0.05) is 46.3 Å². The molecule has 2 aromatic carbocycles. The van der Waals surface area contributed by atoms with Crippen LogP contribution in [0.4, 0.5) is 5.69 Å². The molecule has 0 spiro atoms. The zero-order valence-corrected chi connectivity index (χ0v) is 18.2. The third-order valence-corrected chi connectivity index (χ3v) is 7.80. The Morgan fingerprint density at radius 2 is 1.61 bits per heavy atom. The molecule has 31 heavy (non-hydrogen) atoms. The standard InChI is InChI=1S/C25H20BrNO4/c26-14-6-4-13(5-7-14)21(28)12-31-16-3-1-2-15(10-16)27-24(29)22-17-8-9-18(20-11-19(17)20)23(22)25(27)30/h1-10,17-20,22-23H,11-12H2/t17-,18+,19+,20-,22-,23+. The first kappa shape index (κ1) is 19.0. The number of benzene rings is 2. The summed E-state index contributed by atoms with van der Waals surface area (Å²) in [5.74, 6) is 1.23. The monoisotopic (exact) mass is 477 g/mol. The number of hydrogen-bond donors (Lipinski definition) is 0. The van der Waals surface area contributed by atoms with Crippen LogP contribution in [0.15, 0.2) is 65.2 Å². The molecule has 0 unspecified atom stereocenters. The smallest absolute Gasteiger partial charge is 0.238 e. The Morgan fingerprint density at radius 1 is 0.968 bits per heavy atom. The molecule has 7 rings (SSSR count). The number of carbonyl (C=O) groups is 3. The molecule has 4 aliphatic carbocycles. The average molecular weight is 478 g/mol. The molecule has 5 aliphatic rings. The number of nitrogens with zero attached hydrogens (tertiary/aromatic N) is 1. The van der Waals surface area contributed by atoms with Crippen molar-refractivity contribution in [1.29, 1.82) is 0 Å². The zero-order chi connectivity index (χ0) is 21.3. The van der Waals surface area contributed by atoms with Gasteiger partial charge in [-0.2, -0.15) is 0 Å². The van der Waals surface area contributed by atoms with Gasteiger partial charge >= 0.3 is 0 Å². The molecule has 1 heterocycles. The predicted octanol–water partition coefficient (Wildman–Crippen LogP) is 4.27. The molecule has 2 amide bonds. The first-order chi connectivity index (χ1) is 15.0. The summed E-state index contributed by atoms with van der Waals surface area (Å²) in [6.07, 6.45) is 5.48. The SMILES string of the molecule is O=C(COc1cccc(N2C(=O)[C@@H]3[C@@H]4C=C[C@@H]([C@H]5C[C@@H]45)[C@@H]3C2=O)c1)c1ccc(Br)cc1. The molecule has 6 heteroatoms. The van der Waals surface area contributed by atoms with Crippen LogP contribution in [0.2, 0.25) is 0 Å². The Kier molecular flexibility index (Phi) is 4.22. The number of carbonyl (C=O) groups excluding carboxylic acids is 3. The van der Waals surface area contributed by atoms with Crippen LogP contribution in [-0.4, -0.2) is 24.2 Å². The van der Waals surface area contributed by atoms with E-state index in [1.54, 1.807) is 36.4 Å². The van der Waals surface area contributed by atoms with Crippen molar-refractivity contribution >= 4 is 39.2 Å². The van der Waals surface area contributed by atoms with Crippen LogP contribution in [0.3, 0.4) is 0 Å².